The van der Waals surface area contributed by atoms with E-state index in [2.05, 4.69) is 24.3 Å². The summed E-state index contributed by atoms with van der Waals surface area (Å²) in [6.07, 6.45) is 2.98. The van der Waals surface area contributed by atoms with Crippen LogP contribution in [0.3, 0.4) is 0 Å². The molecule has 0 radical (unpaired) electrons. The van der Waals surface area contributed by atoms with E-state index in [0.29, 0.717) is 24.9 Å². The second-order valence-corrected chi connectivity index (χ2v) is 7.56. The van der Waals surface area contributed by atoms with Crippen LogP contribution in [-0.2, 0) is 16.0 Å². The number of hydrogen-bond acceptors (Lipinski definition) is 7. The van der Waals surface area contributed by atoms with E-state index in [1.807, 2.05) is 60.7 Å². The zero-order valence-corrected chi connectivity index (χ0v) is 20.8. The third-order valence-corrected chi connectivity index (χ3v) is 4.60. The summed E-state index contributed by atoms with van der Waals surface area (Å²) in [5, 5.41) is 23.3. The lowest BCUT2D eigenvalue weighted by Gasteiger charge is -2.02. The minimum Gasteiger partial charge on any atom is -0.480 e. The SMILES string of the molecule is NCCC[C@H](N)C(=O)O.NCCc1ccccc1.O=C(O)CO.O=Cc1ccc(-c2ccccc2)cc1. The molecule has 0 aliphatic rings. The third-order valence-electron chi connectivity index (χ3n) is 4.60. The lowest BCUT2D eigenvalue weighted by Crippen LogP contribution is -2.30. The van der Waals surface area contributed by atoms with Gasteiger partial charge in [-0.25, -0.2) is 4.79 Å². The standard InChI is InChI=1S/C13H10O.C8H11N.C5H12N2O2.C2H4O3/c14-10-11-6-8-13(9-7-11)12-4-2-1-3-5-12;9-7-6-8-4-2-1-3-5-8;6-3-1-2-4(7)5(8)9;3-1-2(4)5/h1-10H;1-5H,6-7,9H2;4H,1-3,6-7H2,(H,8,9);3H,1H2,(H,4,5)/t;;4-;/m..0./s1. The van der Waals surface area contributed by atoms with Gasteiger partial charge in [0.1, 0.15) is 18.9 Å². The van der Waals surface area contributed by atoms with Crippen LogP contribution < -0.4 is 17.2 Å². The maximum Gasteiger partial charge on any atom is 0.329 e. The number of aliphatic carboxylic acids is 2. The number of nitrogens with two attached hydrogens (primary N) is 3. The molecule has 9 heteroatoms. The van der Waals surface area contributed by atoms with E-state index >= 15 is 0 Å². The van der Waals surface area contributed by atoms with Gasteiger partial charge < -0.3 is 32.5 Å². The fraction of sp³-hybridized carbons (Fsp3) is 0.250. The summed E-state index contributed by atoms with van der Waals surface area (Å²) in [4.78, 5) is 29.6. The number of benzene rings is 3. The Hall–Kier alpha value is -3.89. The topological polar surface area (TPSA) is 190 Å². The Morgan fingerprint density at radius 2 is 1.27 bits per heavy atom. The maximum atomic E-state index is 10.5. The third kappa shape index (κ3) is 17.2. The molecule has 0 heterocycles. The monoisotopic (exact) mass is 511 g/mol. The molecule has 0 saturated carbocycles. The molecule has 3 aromatic rings. The number of rotatable bonds is 9. The van der Waals surface area contributed by atoms with Gasteiger partial charge in [-0.2, -0.15) is 0 Å². The molecule has 200 valence electrons. The first-order chi connectivity index (χ1) is 17.8. The van der Waals surface area contributed by atoms with Crippen LogP contribution in [0.2, 0.25) is 0 Å². The Kier molecular flexibility index (Phi) is 19.1. The highest BCUT2D eigenvalue weighted by atomic mass is 16.4. The second-order valence-electron chi connectivity index (χ2n) is 7.56. The molecule has 3 aromatic carbocycles. The van der Waals surface area contributed by atoms with Crippen LogP contribution in [0, 0.1) is 0 Å². The Balaban J connectivity index is 0.000000498. The number of aliphatic hydroxyl groups is 1. The molecule has 0 aliphatic carbocycles. The van der Waals surface area contributed by atoms with Crippen molar-refractivity contribution in [3.05, 3.63) is 96.1 Å². The largest absolute Gasteiger partial charge is 0.480 e. The van der Waals surface area contributed by atoms with Gasteiger partial charge in [-0.1, -0.05) is 84.9 Å². The summed E-state index contributed by atoms with van der Waals surface area (Å²) in [7, 11) is 0. The molecule has 37 heavy (non-hydrogen) atoms. The first kappa shape index (κ1) is 33.1. The van der Waals surface area contributed by atoms with Crippen molar-refractivity contribution in [2.24, 2.45) is 17.2 Å². The minimum atomic E-state index is -1.19. The van der Waals surface area contributed by atoms with Crippen LogP contribution in [0.4, 0.5) is 0 Å². The van der Waals surface area contributed by atoms with Crippen LogP contribution in [0.1, 0.15) is 28.8 Å². The van der Waals surface area contributed by atoms with Gasteiger partial charge in [-0.05, 0) is 49.0 Å². The highest BCUT2D eigenvalue weighted by molar-refractivity contribution is 5.76. The van der Waals surface area contributed by atoms with Crippen molar-refractivity contribution in [2.75, 3.05) is 19.7 Å². The van der Waals surface area contributed by atoms with Crippen molar-refractivity contribution < 1.29 is 29.7 Å². The van der Waals surface area contributed by atoms with Gasteiger partial charge in [0.15, 0.2) is 0 Å². The average Bonchev–Trinajstić information content (AvgIpc) is 2.94. The van der Waals surface area contributed by atoms with Crippen LogP contribution >= 0.6 is 0 Å². The number of carboxylic acids is 2. The number of carboxylic acid groups (broad SMARTS) is 2. The Morgan fingerprint density at radius 3 is 1.68 bits per heavy atom. The van der Waals surface area contributed by atoms with Gasteiger partial charge in [0.2, 0.25) is 0 Å². The molecule has 0 aromatic heterocycles. The molecule has 1 atom stereocenters. The number of aldehydes is 1. The molecule has 9 N–H and O–H groups in total. The van der Waals surface area contributed by atoms with E-state index in [1.54, 1.807) is 0 Å². The van der Waals surface area contributed by atoms with Crippen molar-refractivity contribution in [3.8, 4) is 11.1 Å². The van der Waals surface area contributed by atoms with Crippen LogP contribution in [0.15, 0.2) is 84.9 Å². The van der Waals surface area contributed by atoms with Gasteiger partial charge in [0, 0.05) is 5.56 Å². The van der Waals surface area contributed by atoms with E-state index < -0.39 is 24.6 Å². The molecule has 0 amide bonds. The highest BCUT2D eigenvalue weighted by Crippen LogP contribution is 2.18. The fourth-order valence-corrected chi connectivity index (χ4v) is 2.66. The van der Waals surface area contributed by atoms with Gasteiger partial charge in [-0.3, -0.25) is 9.59 Å². The first-order valence-corrected chi connectivity index (χ1v) is 11.6. The predicted molar refractivity (Wildman–Crippen MR) is 145 cm³/mol. The Bertz CT molecular complexity index is 999. The predicted octanol–water partition coefficient (Wildman–Crippen LogP) is 2.55. The van der Waals surface area contributed by atoms with E-state index in [0.717, 1.165) is 24.8 Å². The van der Waals surface area contributed by atoms with Crippen molar-refractivity contribution in [1.82, 2.24) is 0 Å². The Morgan fingerprint density at radius 1 is 0.784 bits per heavy atom. The molecule has 0 spiro atoms. The molecular weight excluding hydrogens is 474 g/mol. The van der Waals surface area contributed by atoms with E-state index in [1.165, 1.54) is 11.1 Å². The fourth-order valence-electron chi connectivity index (χ4n) is 2.66. The van der Waals surface area contributed by atoms with E-state index in [-0.39, 0.29) is 0 Å². The Labute approximate surface area is 217 Å². The van der Waals surface area contributed by atoms with Crippen LogP contribution in [-0.4, -0.2) is 59.3 Å². The highest BCUT2D eigenvalue weighted by Gasteiger charge is 2.08. The molecule has 0 saturated heterocycles. The zero-order chi connectivity index (χ0) is 27.9. The summed E-state index contributed by atoms with van der Waals surface area (Å²) in [5.41, 5.74) is 20.0. The van der Waals surface area contributed by atoms with Crippen LogP contribution in [0.5, 0.6) is 0 Å². The summed E-state index contributed by atoms with van der Waals surface area (Å²) in [6.45, 7) is 0.463. The quantitative estimate of drug-likeness (QED) is 0.234. The van der Waals surface area contributed by atoms with Gasteiger partial charge in [-0.15, -0.1) is 0 Å². The normalized spacial score (nSPS) is 10.2. The summed E-state index contributed by atoms with van der Waals surface area (Å²) in [6, 6.07) is 27.2. The zero-order valence-electron chi connectivity index (χ0n) is 20.8. The van der Waals surface area contributed by atoms with Crippen LogP contribution in [0.25, 0.3) is 11.1 Å². The molecule has 0 aliphatic heterocycles. The van der Waals surface area contributed by atoms with E-state index in [9.17, 15) is 9.59 Å². The van der Waals surface area contributed by atoms with Gasteiger partial charge >= 0.3 is 11.9 Å². The number of carbonyl (C=O) groups is 3. The van der Waals surface area contributed by atoms with Crippen molar-refractivity contribution in [1.29, 1.82) is 0 Å². The van der Waals surface area contributed by atoms with Crippen molar-refractivity contribution >= 4 is 18.2 Å². The first-order valence-electron chi connectivity index (χ1n) is 11.6. The molecular formula is C28H37N3O6. The number of carbonyl (C=O) groups excluding carboxylic acids is 1. The van der Waals surface area contributed by atoms with Crippen molar-refractivity contribution in [3.63, 3.8) is 0 Å². The molecule has 0 unspecified atom stereocenters. The molecule has 9 nitrogen and oxygen atoms in total. The maximum absolute atomic E-state index is 10.5. The smallest absolute Gasteiger partial charge is 0.329 e. The molecule has 3 rings (SSSR count). The lowest BCUT2D eigenvalue weighted by atomic mass is 10.0. The summed E-state index contributed by atoms with van der Waals surface area (Å²) in [5.74, 6) is -2.14. The number of hydrogen-bond donors (Lipinski definition) is 6. The molecule has 0 fully saturated rings. The summed E-state index contributed by atoms with van der Waals surface area (Å²) < 4.78 is 0. The minimum absolute atomic E-state index is 0.464. The van der Waals surface area contributed by atoms with E-state index in [4.69, 9.17) is 37.3 Å². The summed E-state index contributed by atoms with van der Waals surface area (Å²) >= 11 is 0. The number of aliphatic hydroxyl groups excluding tert-OH is 1. The second kappa shape index (κ2) is 21.4. The molecule has 0 bridgehead atoms. The van der Waals surface area contributed by atoms with Crippen molar-refractivity contribution in [2.45, 2.75) is 25.3 Å². The van der Waals surface area contributed by atoms with Gasteiger partial charge in [0.05, 0.1) is 0 Å². The van der Waals surface area contributed by atoms with Gasteiger partial charge in [0.25, 0.3) is 0 Å². The lowest BCUT2D eigenvalue weighted by molar-refractivity contribution is -0.140. The average molecular weight is 512 g/mol.